The van der Waals surface area contributed by atoms with Crippen molar-refractivity contribution >= 4 is 11.8 Å². The van der Waals surface area contributed by atoms with Crippen molar-refractivity contribution in [1.29, 1.82) is 0 Å². The number of methoxy groups -OCH3 is 1. The Bertz CT molecular complexity index is 452. The minimum Gasteiger partial charge on any atom is -0.496 e. The third-order valence-electron chi connectivity index (χ3n) is 4.25. The van der Waals surface area contributed by atoms with E-state index < -0.39 is 0 Å². The average molecular weight is 308 g/mol. The van der Waals surface area contributed by atoms with E-state index in [1.54, 1.807) is 7.11 Å². The second-order valence-electron chi connectivity index (χ2n) is 5.81. The minimum absolute atomic E-state index is 0.475. The molecule has 21 heavy (non-hydrogen) atoms. The number of aryl methyl sites for hydroxylation is 1. The van der Waals surface area contributed by atoms with Crippen LogP contribution in [0.5, 0.6) is 5.75 Å². The van der Waals surface area contributed by atoms with Crippen LogP contribution in [0.4, 0.5) is 0 Å². The fraction of sp³-hybridized carbons (Fsp3) is 0.647. The summed E-state index contributed by atoms with van der Waals surface area (Å²) in [6.07, 6.45) is 1.02. The molecule has 1 heterocycles. The zero-order valence-corrected chi connectivity index (χ0v) is 14.5. The molecule has 1 saturated heterocycles. The lowest BCUT2D eigenvalue weighted by molar-refractivity contribution is 0.214. The van der Waals surface area contributed by atoms with Crippen molar-refractivity contribution in [2.75, 3.05) is 38.8 Å². The fourth-order valence-electron chi connectivity index (χ4n) is 3.04. The Hall–Kier alpha value is -0.710. The Morgan fingerprint density at radius 3 is 2.95 bits per heavy atom. The lowest BCUT2D eigenvalue weighted by Gasteiger charge is -2.38. The van der Waals surface area contributed by atoms with Crippen LogP contribution in [-0.4, -0.2) is 55.7 Å². The molecule has 1 aromatic rings. The topological polar surface area (TPSA) is 24.5 Å². The normalized spacial score (nSPS) is 21.2. The maximum Gasteiger partial charge on any atom is 0.122 e. The predicted octanol–water partition coefficient (Wildman–Crippen LogP) is 2.57. The average Bonchev–Trinajstić information content (AvgIpc) is 2.48. The third-order valence-corrected chi connectivity index (χ3v) is 5.30. The van der Waals surface area contributed by atoms with Gasteiger partial charge in [-0.25, -0.2) is 0 Å². The third kappa shape index (κ3) is 4.38. The van der Waals surface area contributed by atoms with Gasteiger partial charge in [-0.15, -0.1) is 0 Å². The summed E-state index contributed by atoms with van der Waals surface area (Å²) in [5, 5.41) is 3.69. The number of hydrogen-bond donors (Lipinski definition) is 1. The summed E-state index contributed by atoms with van der Waals surface area (Å²) in [6.45, 7) is 6.53. The number of nitrogens with one attached hydrogen (secondary N) is 1. The molecule has 0 saturated carbocycles. The smallest absolute Gasteiger partial charge is 0.122 e. The van der Waals surface area contributed by atoms with Gasteiger partial charge in [0.25, 0.3) is 0 Å². The van der Waals surface area contributed by atoms with Crippen molar-refractivity contribution in [3.63, 3.8) is 0 Å². The number of nitrogens with zero attached hydrogens (tertiary/aromatic N) is 1. The molecule has 2 unspecified atom stereocenters. The quantitative estimate of drug-likeness (QED) is 0.873. The van der Waals surface area contributed by atoms with Crippen LogP contribution in [0.3, 0.4) is 0 Å². The van der Waals surface area contributed by atoms with Crippen LogP contribution in [-0.2, 0) is 6.42 Å². The number of likely N-dealkylation sites (N-methyl/N-ethyl adjacent to an activating group) is 2. The lowest BCUT2D eigenvalue weighted by Crippen LogP contribution is -2.53. The summed E-state index contributed by atoms with van der Waals surface area (Å²) >= 11 is 2.07. The minimum atomic E-state index is 0.475. The van der Waals surface area contributed by atoms with Crippen molar-refractivity contribution in [3.8, 4) is 5.75 Å². The van der Waals surface area contributed by atoms with Crippen molar-refractivity contribution in [3.05, 3.63) is 29.3 Å². The maximum atomic E-state index is 5.55. The monoisotopic (exact) mass is 308 g/mol. The molecular formula is C17H28N2OS. The van der Waals surface area contributed by atoms with Gasteiger partial charge in [0, 0.05) is 30.1 Å². The molecule has 1 aromatic carbocycles. The molecule has 1 aliphatic heterocycles. The van der Waals surface area contributed by atoms with Crippen LogP contribution in [0.2, 0.25) is 0 Å². The highest BCUT2D eigenvalue weighted by Crippen LogP contribution is 2.25. The molecule has 3 nitrogen and oxygen atoms in total. The predicted molar refractivity (Wildman–Crippen MR) is 92.6 cm³/mol. The van der Waals surface area contributed by atoms with Crippen molar-refractivity contribution in [1.82, 2.24) is 10.2 Å². The van der Waals surface area contributed by atoms with E-state index in [4.69, 9.17) is 4.74 Å². The molecule has 2 atom stereocenters. The molecule has 4 heteroatoms. The number of benzene rings is 1. The molecule has 0 aliphatic carbocycles. The molecule has 0 radical (unpaired) electrons. The van der Waals surface area contributed by atoms with Gasteiger partial charge in [-0.2, -0.15) is 11.8 Å². The van der Waals surface area contributed by atoms with E-state index in [9.17, 15) is 0 Å². The second-order valence-corrected chi connectivity index (χ2v) is 6.96. The molecule has 0 spiro atoms. The van der Waals surface area contributed by atoms with Gasteiger partial charge in [0.15, 0.2) is 0 Å². The van der Waals surface area contributed by atoms with Crippen LogP contribution in [0.1, 0.15) is 18.1 Å². The van der Waals surface area contributed by atoms with Gasteiger partial charge in [-0.05, 0) is 38.6 Å². The highest BCUT2D eigenvalue weighted by Gasteiger charge is 2.28. The summed E-state index contributed by atoms with van der Waals surface area (Å²) in [7, 11) is 4.02. The van der Waals surface area contributed by atoms with Gasteiger partial charge in [0.05, 0.1) is 7.11 Å². The van der Waals surface area contributed by atoms with Crippen LogP contribution < -0.4 is 10.1 Å². The second kappa shape index (κ2) is 8.06. The highest BCUT2D eigenvalue weighted by atomic mass is 32.2. The van der Waals surface area contributed by atoms with E-state index in [0.29, 0.717) is 12.1 Å². The summed E-state index contributed by atoms with van der Waals surface area (Å²) in [5.41, 5.74) is 2.61. The van der Waals surface area contributed by atoms with Gasteiger partial charge in [0.1, 0.15) is 5.75 Å². The van der Waals surface area contributed by atoms with E-state index in [1.807, 2.05) is 0 Å². The Kier molecular flexibility index (Phi) is 6.40. The number of rotatable bonds is 6. The molecule has 1 N–H and O–H groups in total. The standard InChI is InChI=1S/C17H28N2OS/c1-5-18-15(16-12-21-9-8-19(16)3)11-14-10-13(2)6-7-17(14)20-4/h6-7,10,15-16,18H,5,8-9,11-12H2,1-4H3. The summed E-state index contributed by atoms with van der Waals surface area (Å²) in [5.74, 6) is 3.47. The molecule has 0 bridgehead atoms. The van der Waals surface area contributed by atoms with Crippen LogP contribution in [0.25, 0.3) is 0 Å². The summed E-state index contributed by atoms with van der Waals surface area (Å²) in [4.78, 5) is 2.51. The summed E-state index contributed by atoms with van der Waals surface area (Å²) < 4.78 is 5.55. The molecular weight excluding hydrogens is 280 g/mol. The van der Waals surface area contributed by atoms with E-state index in [1.165, 1.54) is 29.2 Å². The Labute approximate surface area is 133 Å². The summed E-state index contributed by atoms with van der Waals surface area (Å²) in [6, 6.07) is 7.54. The van der Waals surface area contributed by atoms with E-state index in [0.717, 1.165) is 18.7 Å². The first-order chi connectivity index (χ1) is 10.2. The zero-order valence-electron chi connectivity index (χ0n) is 13.7. The van der Waals surface area contributed by atoms with Crippen molar-refractivity contribution in [2.45, 2.75) is 32.4 Å². The van der Waals surface area contributed by atoms with E-state index in [2.05, 4.69) is 61.1 Å². The first-order valence-corrected chi connectivity index (χ1v) is 8.96. The van der Waals surface area contributed by atoms with Gasteiger partial charge in [-0.1, -0.05) is 24.6 Å². The van der Waals surface area contributed by atoms with Gasteiger partial charge in [-0.3, -0.25) is 0 Å². The fourth-order valence-corrected chi connectivity index (χ4v) is 4.35. The number of hydrogen-bond acceptors (Lipinski definition) is 4. The number of ether oxygens (including phenoxy) is 1. The largest absolute Gasteiger partial charge is 0.496 e. The Morgan fingerprint density at radius 2 is 2.29 bits per heavy atom. The number of thioether (sulfide) groups is 1. The Morgan fingerprint density at radius 1 is 1.48 bits per heavy atom. The maximum absolute atomic E-state index is 5.55. The molecule has 0 amide bonds. The van der Waals surface area contributed by atoms with Crippen molar-refractivity contribution < 1.29 is 4.74 Å². The lowest BCUT2D eigenvalue weighted by atomic mass is 9.97. The molecule has 1 aliphatic rings. The van der Waals surface area contributed by atoms with E-state index >= 15 is 0 Å². The molecule has 0 aromatic heterocycles. The zero-order chi connectivity index (χ0) is 15.2. The van der Waals surface area contributed by atoms with Gasteiger partial charge in [0.2, 0.25) is 0 Å². The van der Waals surface area contributed by atoms with Crippen LogP contribution in [0, 0.1) is 6.92 Å². The van der Waals surface area contributed by atoms with Crippen LogP contribution >= 0.6 is 11.8 Å². The molecule has 2 rings (SSSR count). The molecule has 118 valence electrons. The Balaban J connectivity index is 2.17. The van der Waals surface area contributed by atoms with Crippen molar-refractivity contribution in [2.24, 2.45) is 0 Å². The molecule has 1 fully saturated rings. The first kappa shape index (κ1) is 16.7. The first-order valence-electron chi connectivity index (χ1n) is 7.80. The van der Waals surface area contributed by atoms with Gasteiger partial charge < -0.3 is 15.0 Å². The van der Waals surface area contributed by atoms with E-state index in [-0.39, 0.29) is 0 Å². The SMILES string of the molecule is CCNC(Cc1cc(C)ccc1OC)C1CSCCN1C. The van der Waals surface area contributed by atoms with Crippen LogP contribution in [0.15, 0.2) is 18.2 Å². The van der Waals surface area contributed by atoms with Gasteiger partial charge >= 0.3 is 0 Å². The highest BCUT2D eigenvalue weighted by molar-refractivity contribution is 7.99.